The highest BCUT2D eigenvalue weighted by Gasteiger charge is 2.12. The summed E-state index contributed by atoms with van der Waals surface area (Å²) in [6.07, 6.45) is 0. The number of aromatic nitrogens is 1. The first kappa shape index (κ1) is 11.1. The van der Waals surface area contributed by atoms with Crippen molar-refractivity contribution in [3.05, 3.63) is 58.3 Å². The maximum atomic E-state index is 13.0. The maximum absolute atomic E-state index is 13.0. The number of hydrogen-bond acceptors (Lipinski definition) is 2. The van der Waals surface area contributed by atoms with Crippen molar-refractivity contribution in [2.45, 2.75) is 0 Å². The smallest absolute Gasteiger partial charge is 0.353 e. The van der Waals surface area contributed by atoms with Crippen molar-refractivity contribution in [2.75, 3.05) is 0 Å². The number of H-pyrrole nitrogens is 1. The van der Waals surface area contributed by atoms with E-state index in [1.165, 1.54) is 30.3 Å². The molecule has 5 heteroatoms. The highest BCUT2D eigenvalue weighted by atomic mass is 19.1. The van der Waals surface area contributed by atoms with Crippen molar-refractivity contribution in [3.63, 3.8) is 0 Å². The topological polar surface area (TPSA) is 70.2 Å². The van der Waals surface area contributed by atoms with Gasteiger partial charge >= 0.3 is 5.97 Å². The first-order valence-electron chi connectivity index (χ1n) is 4.80. The van der Waals surface area contributed by atoms with E-state index < -0.39 is 17.3 Å². The third-order valence-corrected chi connectivity index (χ3v) is 2.27. The standard InChI is InChI=1S/C12H8FNO3/c13-8-3-1-2-7(6-8)9-4-5-10(15)14-11(9)12(16)17/h1-6H,(H,14,15)(H,16,17). The Morgan fingerprint density at radius 3 is 2.65 bits per heavy atom. The Kier molecular flexibility index (Phi) is 2.74. The van der Waals surface area contributed by atoms with Gasteiger partial charge in [0.05, 0.1) is 0 Å². The van der Waals surface area contributed by atoms with Crippen molar-refractivity contribution in [1.82, 2.24) is 4.98 Å². The van der Waals surface area contributed by atoms with Crippen molar-refractivity contribution in [3.8, 4) is 11.1 Å². The molecule has 1 aromatic heterocycles. The molecule has 86 valence electrons. The molecule has 2 aromatic rings. The number of carboxylic acids is 1. The fourth-order valence-corrected chi connectivity index (χ4v) is 1.54. The summed E-state index contributed by atoms with van der Waals surface area (Å²) < 4.78 is 13.0. The van der Waals surface area contributed by atoms with E-state index in [9.17, 15) is 14.0 Å². The van der Waals surface area contributed by atoms with E-state index in [4.69, 9.17) is 5.11 Å². The molecular formula is C12H8FNO3. The second-order valence-corrected chi connectivity index (χ2v) is 3.43. The van der Waals surface area contributed by atoms with Gasteiger partial charge < -0.3 is 10.1 Å². The van der Waals surface area contributed by atoms with Gasteiger partial charge in [0.2, 0.25) is 5.56 Å². The van der Waals surface area contributed by atoms with Gasteiger partial charge in [-0.15, -0.1) is 0 Å². The number of rotatable bonds is 2. The Hall–Kier alpha value is -2.43. The number of carboxylic acid groups (broad SMARTS) is 1. The molecule has 0 amide bonds. The minimum Gasteiger partial charge on any atom is -0.477 e. The van der Waals surface area contributed by atoms with E-state index in [1.54, 1.807) is 6.07 Å². The number of carbonyl (C=O) groups is 1. The van der Waals surface area contributed by atoms with E-state index in [0.717, 1.165) is 0 Å². The van der Waals surface area contributed by atoms with Crippen LogP contribution in [0.15, 0.2) is 41.2 Å². The van der Waals surface area contributed by atoms with Crippen LogP contribution >= 0.6 is 0 Å². The average molecular weight is 233 g/mol. The van der Waals surface area contributed by atoms with E-state index in [2.05, 4.69) is 4.98 Å². The second kappa shape index (κ2) is 4.21. The predicted octanol–water partition coefficient (Wildman–Crippen LogP) is 1.88. The quantitative estimate of drug-likeness (QED) is 0.831. The van der Waals surface area contributed by atoms with Crippen LogP contribution in [-0.4, -0.2) is 16.1 Å². The summed E-state index contributed by atoms with van der Waals surface area (Å²) in [5, 5.41) is 8.96. The van der Waals surface area contributed by atoms with E-state index >= 15 is 0 Å². The molecule has 2 N–H and O–H groups in total. The second-order valence-electron chi connectivity index (χ2n) is 3.43. The number of aromatic carboxylic acids is 1. The number of benzene rings is 1. The normalized spacial score (nSPS) is 10.2. The Morgan fingerprint density at radius 2 is 2.00 bits per heavy atom. The van der Waals surface area contributed by atoms with Crippen LogP contribution in [0.4, 0.5) is 4.39 Å². The molecular weight excluding hydrogens is 225 g/mol. The van der Waals surface area contributed by atoms with Gasteiger partial charge in [0.25, 0.3) is 0 Å². The lowest BCUT2D eigenvalue weighted by Gasteiger charge is -2.05. The third-order valence-electron chi connectivity index (χ3n) is 2.27. The Balaban J connectivity index is 2.67. The zero-order valence-corrected chi connectivity index (χ0v) is 8.61. The molecule has 0 radical (unpaired) electrons. The molecule has 0 aliphatic heterocycles. The average Bonchev–Trinajstić information content (AvgIpc) is 2.28. The summed E-state index contributed by atoms with van der Waals surface area (Å²) in [6.45, 7) is 0. The Bertz CT molecular complexity index is 634. The summed E-state index contributed by atoms with van der Waals surface area (Å²) in [6, 6.07) is 8.07. The molecule has 17 heavy (non-hydrogen) atoms. The lowest BCUT2D eigenvalue weighted by Crippen LogP contribution is -2.12. The molecule has 0 atom stereocenters. The van der Waals surface area contributed by atoms with Crippen LogP contribution in [0.3, 0.4) is 0 Å². The van der Waals surface area contributed by atoms with Gasteiger partial charge in [-0.25, -0.2) is 9.18 Å². The van der Waals surface area contributed by atoms with Crippen LogP contribution in [0.25, 0.3) is 11.1 Å². The van der Waals surface area contributed by atoms with Gasteiger partial charge in [0.1, 0.15) is 11.5 Å². The van der Waals surface area contributed by atoms with E-state index in [0.29, 0.717) is 5.56 Å². The summed E-state index contributed by atoms with van der Waals surface area (Å²) in [4.78, 5) is 24.2. The van der Waals surface area contributed by atoms with Crippen LogP contribution in [0.1, 0.15) is 10.5 Å². The Morgan fingerprint density at radius 1 is 1.24 bits per heavy atom. The van der Waals surface area contributed by atoms with Crippen LogP contribution in [0.2, 0.25) is 0 Å². The first-order valence-corrected chi connectivity index (χ1v) is 4.80. The van der Waals surface area contributed by atoms with Crippen LogP contribution in [0, 0.1) is 5.82 Å². The first-order chi connectivity index (χ1) is 8.08. The Labute approximate surface area is 95.4 Å². The maximum Gasteiger partial charge on any atom is 0.353 e. The van der Waals surface area contributed by atoms with Gasteiger partial charge in [0.15, 0.2) is 0 Å². The van der Waals surface area contributed by atoms with Gasteiger partial charge in [-0.3, -0.25) is 4.79 Å². The largest absolute Gasteiger partial charge is 0.477 e. The molecule has 0 saturated carbocycles. The van der Waals surface area contributed by atoms with Gasteiger partial charge in [-0.2, -0.15) is 0 Å². The highest BCUT2D eigenvalue weighted by Crippen LogP contribution is 2.21. The van der Waals surface area contributed by atoms with Crippen LogP contribution in [-0.2, 0) is 0 Å². The monoisotopic (exact) mass is 233 g/mol. The number of aromatic amines is 1. The minimum atomic E-state index is -1.26. The van der Waals surface area contributed by atoms with Crippen molar-refractivity contribution < 1.29 is 14.3 Å². The van der Waals surface area contributed by atoms with E-state index in [1.807, 2.05) is 0 Å². The van der Waals surface area contributed by atoms with Crippen molar-refractivity contribution in [1.29, 1.82) is 0 Å². The summed E-state index contributed by atoms with van der Waals surface area (Å²) in [5.41, 5.74) is -0.0825. The lowest BCUT2D eigenvalue weighted by atomic mass is 10.0. The fourth-order valence-electron chi connectivity index (χ4n) is 1.54. The zero-order valence-electron chi connectivity index (χ0n) is 8.61. The molecule has 0 spiro atoms. The molecule has 0 bridgehead atoms. The van der Waals surface area contributed by atoms with Crippen LogP contribution < -0.4 is 5.56 Å². The number of pyridine rings is 1. The van der Waals surface area contributed by atoms with Gasteiger partial charge in [-0.1, -0.05) is 12.1 Å². The van der Waals surface area contributed by atoms with Gasteiger partial charge in [-0.05, 0) is 23.8 Å². The highest BCUT2D eigenvalue weighted by molar-refractivity contribution is 5.93. The minimum absolute atomic E-state index is 0.247. The molecule has 0 aliphatic rings. The van der Waals surface area contributed by atoms with E-state index in [-0.39, 0.29) is 11.3 Å². The SMILES string of the molecule is O=C(O)c1[nH]c(=O)ccc1-c1cccc(F)c1. The molecule has 4 nitrogen and oxygen atoms in total. The molecule has 1 heterocycles. The molecule has 2 rings (SSSR count). The molecule has 0 fully saturated rings. The lowest BCUT2D eigenvalue weighted by molar-refractivity contribution is 0.0691. The molecule has 0 saturated heterocycles. The number of hydrogen-bond donors (Lipinski definition) is 2. The predicted molar refractivity (Wildman–Crippen MR) is 59.4 cm³/mol. The fraction of sp³-hybridized carbons (Fsp3) is 0. The third kappa shape index (κ3) is 2.23. The van der Waals surface area contributed by atoms with Crippen molar-refractivity contribution in [2.24, 2.45) is 0 Å². The summed E-state index contributed by atoms with van der Waals surface area (Å²) in [7, 11) is 0. The van der Waals surface area contributed by atoms with Crippen LogP contribution in [0.5, 0.6) is 0 Å². The molecule has 1 aromatic carbocycles. The van der Waals surface area contributed by atoms with Crippen molar-refractivity contribution >= 4 is 5.97 Å². The summed E-state index contributed by atoms with van der Waals surface area (Å²) >= 11 is 0. The zero-order chi connectivity index (χ0) is 12.4. The molecule has 0 aliphatic carbocycles. The number of nitrogens with one attached hydrogen (secondary N) is 1. The van der Waals surface area contributed by atoms with Gasteiger partial charge in [0, 0.05) is 11.6 Å². The summed E-state index contributed by atoms with van der Waals surface area (Å²) in [5.74, 6) is -1.73. The number of halogens is 1. The molecule has 0 unspecified atom stereocenters.